The van der Waals surface area contributed by atoms with E-state index in [1.54, 1.807) is 0 Å². The van der Waals surface area contributed by atoms with Crippen LogP contribution in [0.25, 0.3) is 0 Å². The zero-order valence-electron chi connectivity index (χ0n) is 19.6. The number of ether oxygens (including phenoxy) is 1. The zero-order valence-corrected chi connectivity index (χ0v) is 20.4. The standard InChI is InChI=1S/C25H35N3O3S/c1-5-18(6-2)25(30)28(17-21-9-7-13-31-21)16-19-15-20(11-12-22(19)27(3)4)26-24(29)23-10-8-14-32-23/h8,10-12,14-15,18,21H,5-7,9,13,16-17H2,1-4H3,(H,26,29)/t21-/m0/s1. The number of rotatable bonds is 10. The normalized spacial score (nSPS) is 15.7. The average molecular weight is 458 g/mol. The van der Waals surface area contributed by atoms with Crippen LogP contribution in [0.3, 0.4) is 0 Å². The molecule has 1 fully saturated rings. The molecule has 2 amide bonds. The van der Waals surface area contributed by atoms with E-state index in [9.17, 15) is 9.59 Å². The molecule has 1 aromatic carbocycles. The highest BCUT2D eigenvalue weighted by Crippen LogP contribution is 2.27. The van der Waals surface area contributed by atoms with Gasteiger partial charge < -0.3 is 19.9 Å². The van der Waals surface area contributed by atoms with E-state index in [4.69, 9.17) is 4.74 Å². The number of benzene rings is 1. The summed E-state index contributed by atoms with van der Waals surface area (Å²) in [6, 6.07) is 9.59. The highest BCUT2D eigenvalue weighted by Gasteiger charge is 2.27. The zero-order chi connectivity index (χ0) is 23.1. The van der Waals surface area contributed by atoms with Crippen molar-refractivity contribution in [2.75, 3.05) is 37.5 Å². The van der Waals surface area contributed by atoms with Crippen LogP contribution in [0.2, 0.25) is 0 Å². The van der Waals surface area contributed by atoms with Crippen molar-refractivity contribution >= 4 is 34.5 Å². The predicted octanol–water partition coefficient (Wildman–Crippen LogP) is 5.01. The van der Waals surface area contributed by atoms with Crippen molar-refractivity contribution in [3.05, 3.63) is 46.2 Å². The highest BCUT2D eigenvalue weighted by molar-refractivity contribution is 7.12. The fraction of sp³-hybridized carbons (Fsp3) is 0.520. The second-order valence-corrected chi connectivity index (χ2v) is 9.48. The van der Waals surface area contributed by atoms with Crippen LogP contribution < -0.4 is 10.2 Å². The Kier molecular flexibility index (Phi) is 8.70. The van der Waals surface area contributed by atoms with Crippen LogP contribution in [-0.4, -0.2) is 50.1 Å². The maximum atomic E-state index is 13.4. The van der Waals surface area contributed by atoms with Crippen molar-refractivity contribution in [2.45, 2.75) is 52.2 Å². The molecule has 1 N–H and O–H groups in total. The van der Waals surface area contributed by atoms with Gasteiger partial charge in [-0.25, -0.2) is 0 Å². The Labute approximate surface area is 195 Å². The molecule has 0 spiro atoms. The minimum Gasteiger partial charge on any atom is -0.377 e. The van der Waals surface area contributed by atoms with Crippen molar-refractivity contribution in [2.24, 2.45) is 5.92 Å². The van der Waals surface area contributed by atoms with Crippen LogP contribution in [0.15, 0.2) is 35.7 Å². The van der Waals surface area contributed by atoms with E-state index in [-0.39, 0.29) is 23.8 Å². The van der Waals surface area contributed by atoms with Crippen molar-refractivity contribution in [1.82, 2.24) is 4.90 Å². The Morgan fingerprint density at radius 1 is 1.22 bits per heavy atom. The summed E-state index contributed by atoms with van der Waals surface area (Å²) in [6.45, 7) is 6.01. The van der Waals surface area contributed by atoms with Crippen LogP contribution in [0.1, 0.15) is 54.8 Å². The lowest BCUT2D eigenvalue weighted by atomic mass is 10.0. The van der Waals surface area contributed by atoms with Crippen molar-refractivity contribution in [1.29, 1.82) is 0 Å². The number of amides is 2. The third-order valence-electron chi connectivity index (χ3n) is 6.02. The molecule has 3 rings (SSSR count). The molecular weight excluding hydrogens is 422 g/mol. The minimum atomic E-state index is -0.118. The molecule has 0 bridgehead atoms. The molecule has 0 saturated carbocycles. The molecule has 2 heterocycles. The second kappa shape index (κ2) is 11.5. The minimum absolute atomic E-state index is 0.0147. The molecule has 32 heavy (non-hydrogen) atoms. The van der Waals surface area contributed by atoms with Gasteiger partial charge >= 0.3 is 0 Å². The molecule has 0 unspecified atom stereocenters. The van der Waals surface area contributed by atoms with Gasteiger partial charge in [-0.05, 0) is 60.9 Å². The molecule has 1 aromatic heterocycles. The van der Waals surface area contributed by atoms with Gasteiger partial charge in [-0.3, -0.25) is 9.59 Å². The van der Waals surface area contributed by atoms with E-state index >= 15 is 0 Å². The lowest BCUT2D eigenvalue weighted by Crippen LogP contribution is -2.40. The SMILES string of the molecule is CCC(CC)C(=O)N(Cc1cc(NC(=O)c2cccs2)ccc1N(C)C)C[C@@H]1CCCO1. The number of nitrogens with one attached hydrogen (secondary N) is 1. The number of carbonyl (C=O) groups is 2. The Hall–Kier alpha value is -2.38. The van der Waals surface area contributed by atoms with Crippen molar-refractivity contribution in [3.8, 4) is 0 Å². The van der Waals surface area contributed by atoms with Crippen molar-refractivity contribution in [3.63, 3.8) is 0 Å². The Morgan fingerprint density at radius 3 is 2.59 bits per heavy atom. The van der Waals surface area contributed by atoms with E-state index in [0.717, 1.165) is 49.2 Å². The lowest BCUT2D eigenvalue weighted by molar-refractivity contribution is -0.138. The summed E-state index contributed by atoms with van der Waals surface area (Å²) in [5.41, 5.74) is 2.78. The first-order chi connectivity index (χ1) is 15.4. The maximum absolute atomic E-state index is 13.4. The molecule has 6 nitrogen and oxygen atoms in total. The molecule has 1 aliphatic rings. The first-order valence-electron chi connectivity index (χ1n) is 11.5. The van der Waals surface area contributed by atoms with Gasteiger partial charge in [-0.1, -0.05) is 19.9 Å². The van der Waals surface area contributed by atoms with Crippen molar-refractivity contribution < 1.29 is 14.3 Å². The summed E-state index contributed by atoms with van der Waals surface area (Å²) in [6.07, 6.45) is 3.79. The van der Waals surface area contributed by atoms with Gasteiger partial charge in [0, 0.05) is 51.1 Å². The first kappa shape index (κ1) is 24.3. The van der Waals surface area contributed by atoms with Gasteiger partial charge in [-0.2, -0.15) is 0 Å². The Bertz CT molecular complexity index is 888. The van der Waals surface area contributed by atoms with Crippen LogP contribution in [0.5, 0.6) is 0 Å². The van der Waals surface area contributed by atoms with Gasteiger partial charge in [0.1, 0.15) is 0 Å². The van der Waals surface area contributed by atoms with E-state index in [0.29, 0.717) is 18.0 Å². The van der Waals surface area contributed by atoms with Crippen LogP contribution in [0.4, 0.5) is 11.4 Å². The number of hydrogen-bond acceptors (Lipinski definition) is 5. The third kappa shape index (κ3) is 6.11. The van der Waals surface area contributed by atoms with Crippen LogP contribution >= 0.6 is 11.3 Å². The smallest absolute Gasteiger partial charge is 0.265 e. The molecule has 7 heteroatoms. The maximum Gasteiger partial charge on any atom is 0.265 e. The summed E-state index contributed by atoms with van der Waals surface area (Å²) in [5, 5.41) is 4.89. The Balaban J connectivity index is 1.86. The lowest BCUT2D eigenvalue weighted by Gasteiger charge is -2.30. The second-order valence-electron chi connectivity index (χ2n) is 8.54. The number of nitrogens with zero attached hydrogens (tertiary/aromatic N) is 2. The van der Waals surface area contributed by atoms with Crippen LogP contribution in [0, 0.1) is 5.92 Å². The topological polar surface area (TPSA) is 61.9 Å². The fourth-order valence-electron chi connectivity index (χ4n) is 4.19. The molecule has 1 aliphatic heterocycles. The fourth-order valence-corrected chi connectivity index (χ4v) is 4.81. The summed E-state index contributed by atoms with van der Waals surface area (Å²) in [7, 11) is 3.99. The summed E-state index contributed by atoms with van der Waals surface area (Å²) in [5.74, 6) is 0.0806. The quantitative estimate of drug-likeness (QED) is 0.545. The van der Waals surface area contributed by atoms with Gasteiger partial charge in [0.05, 0.1) is 11.0 Å². The van der Waals surface area contributed by atoms with E-state index in [1.165, 1.54) is 11.3 Å². The van der Waals surface area contributed by atoms with E-state index in [1.807, 2.05) is 59.6 Å². The van der Waals surface area contributed by atoms with Crippen LogP contribution in [-0.2, 0) is 16.1 Å². The molecule has 2 aromatic rings. The van der Waals surface area contributed by atoms with Gasteiger partial charge in [-0.15, -0.1) is 11.3 Å². The number of anilines is 2. The van der Waals surface area contributed by atoms with Gasteiger partial charge in [0.2, 0.25) is 5.91 Å². The summed E-state index contributed by atoms with van der Waals surface area (Å²) in [4.78, 5) is 30.6. The number of thiophene rings is 1. The molecule has 0 aliphatic carbocycles. The predicted molar refractivity (Wildman–Crippen MR) is 132 cm³/mol. The molecule has 1 atom stereocenters. The van der Waals surface area contributed by atoms with Gasteiger partial charge in [0.25, 0.3) is 5.91 Å². The monoisotopic (exact) mass is 457 g/mol. The first-order valence-corrected chi connectivity index (χ1v) is 12.4. The number of carbonyl (C=O) groups excluding carboxylic acids is 2. The third-order valence-corrected chi connectivity index (χ3v) is 6.89. The summed E-state index contributed by atoms with van der Waals surface area (Å²) >= 11 is 1.42. The molecule has 1 saturated heterocycles. The largest absolute Gasteiger partial charge is 0.377 e. The molecule has 0 radical (unpaired) electrons. The number of hydrogen-bond donors (Lipinski definition) is 1. The molecular formula is C25H35N3O3S. The van der Waals surface area contributed by atoms with E-state index in [2.05, 4.69) is 19.2 Å². The molecule has 174 valence electrons. The highest BCUT2D eigenvalue weighted by atomic mass is 32.1. The van der Waals surface area contributed by atoms with Gasteiger partial charge in [0.15, 0.2) is 0 Å². The Morgan fingerprint density at radius 2 is 2.00 bits per heavy atom. The average Bonchev–Trinajstić information content (AvgIpc) is 3.48. The van der Waals surface area contributed by atoms with E-state index < -0.39 is 0 Å². The summed E-state index contributed by atoms with van der Waals surface area (Å²) < 4.78 is 5.85.